The Kier molecular flexibility index (Phi) is 4.61. The van der Waals surface area contributed by atoms with Crippen molar-refractivity contribution in [1.82, 2.24) is 9.88 Å². The summed E-state index contributed by atoms with van der Waals surface area (Å²) in [5.74, 6) is 0.722. The number of piperidine rings is 1. The van der Waals surface area contributed by atoms with Crippen molar-refractivity contribution in [2.24, 2.45) is 0 Å². The van der Waals surface area contributed by atoms with Crippen LogP contribution >= 0.6 is 11.3 Å². The average Bonchev–Trinajstić information content (AvgIpc) is 3.09. The van der Waals surface area contributed by atoms with Crippen molar-refractivity contribution in [1.29, 1.82) is 0 Å². The summed E-state index contributed by atoms with van der Waals surface area (Å²) in [5, 5.41) is 12.5. The number of aromatic nitrogens is 1. The first-order chi connectivity index (χ1) is 12.6. The molecule has 0 spiro atoms. The number of pyridine rings is 1. The summed E-state index contributed by atoms with van der Waals surface area (Å²) in [6.45, 7) is 2.84. The fourth-order valence-corrected chi connectivity index (χ4v) is 4.13. The van der Waals surface area contributed by atoms with E-state index in [1.807, 2.05) is 43.3 Å². The highest BCUT2D eigenvalue weighted by Crippen LogP contribution is 2.28. The van der Waals surface area contributed by atoms with E-state index in [2.05, 4.69) is 4.98 Å². The first kappa shape index (κ1) is 17.0. The Bertz CT molecular complexity index is 934. The number of β-amino-alcohol motifs (C(OH)–C–C–N with tert-alkyl or cyclic N) is 1. The van der Waals surface area contributed by atoms with E-state index < -0.39 is 6.10 Å². The summed E-state index contributed by atoms with van der Waals surface area (Å²) in [7, 11) is 0. The molecule has 1 saturated heterocycles. The van der Waals surface area contributed by atoms with Gasteiger partial charge in [0.25, 0.3) is 5.91 Å². The van der Waals surface area contributed by atoms with Crippen molar-refractivity contribution in [3.05, 3.63) is 58.5 Å². The van der Waals surface area contributed by atoms with E-state index in [0.29, 0.717) is 13.0 Å². The van der Waals surface area contributed by atoms with E-state index in [1.165, 1.54) is 11.3 Å². The van der Waals surface area contributed by atoms with Gasteiger partial charge in [0.1, 0.15) is 18.0 Å². The van der Waals surface area contributed by atoms with Crippen LogP contribution < -0.4 is 4.74 Å². The van der Waals surface area contributed by atoms with Gasteiger partial charge in [0.05, 0.1) is 11.4 Å². The van der Waals surface area contributed by atoms with Gasteiger partial charge >= 0.3 is 0 Å². The fourth-order valence-electron chi connectivity index (χ4n) is 3.30. The summed E-state index contributed by atoms with van der Waals surface area (Å²) < 4.78 is 6.11. The molecule has 3 heterocycles. The van der Waals surface area contributed by atoms with Crippen molar-refractivity contribution < 1.29 is 14.6 Å². The molecule has 1 aliphatic rings. The molecule has 1 fully saturated rings. The zero-order chi connectivity index (χ0) is 18.1. The van der Waals surface area contributed by atoms with Crippen LogP contribution in [0.3, 0.4) is 0 Å². The number of nitrogens with zero attached hydrogens (tertiary/aromatic N) is 2. The Morgan fingerprint density at radius 2 is 2.19 bits per heavy atom. The standard InChI is InChI=1S/C20H20N2O3S/c1-13-5-6-19(26-13)20(24)22-10-8-18(16(23)12-22)25-17-4-2-3-14-11-21-9-7-15(14)17/h2-7,9,11,16,18,23H,8,10,12H2,1H3/t16-,18-/m1/s1. The number of thiophene rings is 1. The lowest BCUT2D eigenvalue weighted by atomic mass is 10.0. The van der Waals surface area contributed by atoms with Gasteiger partial charge in [-0.05, 0) is 31.2 Å². The Morgan fingerprint density at radius 1 is 1.31 bits per heavy atom. The van der Waals surface area contributed by atoms with Crippen molar-refractivity contribution in [2.75, 3.05) is 13.1 Å². The highest BCUT2D eigenvalue weighted by atomic mass is 32.1. The molecule has 3 aromatic rings. The van der Waals surface area contributed by atoms with E-state index in [0.717, 1.165) is 26.3 Å². The van der Waals surface area contributed by atoms with Crippen LogP contribution in [-0.4, -0.2) is 46.2 Å². The molecule has 0 bridgehead atoms. The van der Waals surface area contributed by atoms with Gasteiger partial charge in [-0.25, -0.2) is 0 Å². The molecule has 2 aromatic heterocycles. The number of aryl methyl sites for hydroxylation is 1. The highest BCUT2D eigenvalue weighted by Gasteiger charge is 2.32. The number of hydrogen-bond donors (Lipinski definition) is 1. The van der Waals surface area contributed by atoms with Crippen molar-refractivity contribution >= 4 is 28.0 Å². The third kappa shape index (κ3) is 3.30. The Morgan fingerprint density at radius 3 is 2.96 bits per heavy atom. The molecule has 1 amide bonds. The number of aliphatic hydroxyl groups excluding tert-OH is 1. The van der Waals surface area contributed by atoms with Crippen molar-refractivity contribution in [2.45, 2.75) is 25.6 Å². The number of carbonyl (C=O) groups excluding carboxylic acids is 1. The molecular weight excluding hydrogens is 348 g/mol. The van der Waals surface area contributed by atoms with Gasteiger partial charge in [-0.2, -0.15) is 0 Å². The fraction of sp³-hybridized carbons (Fsp3) is 0.300. The second-order valence-electron chi connectivity index (χ2n) is 6.53. The van der Waals surface area contributed by atoms with Crippen LogP contribution in [0.4, 0.5) is 0 Å². The molecule has 1 aromatic carbocycles. The molecule has 5 nitrogen and oxygen atoms in total. The van der Waals surface area contributed by atoms with E-state index in [9.17, 15) is 9.90 Å². The first-order valence-corrected chi connectivity index (χ1v) is 9.46. The smallest absolute Gasteiger partial charge is 0.264 e. The van der Waals surface area contributed by atoms with Crippen LogP contribution in [0, 0.1) is 6.92 Å². The predicted octanol–water partition coefficient (Wildman–Crippen LogP) is 3.26. The van der Waals surface area contributed by atoms with Gasteiger partial charge in [-0.3, -0.25) is 9.78 Å². The Balaban J connectivity index is 1.46. The van der Waals surface area contributed by atoms with E-state index in [1.54, 1.807) is 17.3 Å². The Hall–Kier alpha value is -2.44. The lowest BCUT2D eigenvalue weighted by Gasteiger charge is -2.36. The normalized spacial score (nSPS) is 20.3. The van der Waals surface area contributed by atoms with Gasteiger partial charge < -0.3 is 14.7 Å². The number of rotatable bonds is 3. The molecule has 1 N–H and O–H groups in total. The zero-order valence-electron chi connectivity index (χ0n) is 14.5. The number of benzene rings is 1. The van der Waals surface area contributed by atoms with Crippen molar-refractivity contribution in [3.8, 4) is 5.75 Å². The number of fused-ring (bicyclic) bond motifs is 1. The van der Waals surface area contributed by atoms with E-state index >= 15 is 0 Å². The summed E-state index contributed by atoms with van der Waals surface area (Å²) in [6, 6.07) is 11.5. The molecule has 0 radical (unpaired) electrons. The van der Waals surface area contributed by atoms with Gasteiger partial charge in [0.2, 0.25) is 0 Å². The van der Waals surface area contributed by atoms with Crippen LogP contribution in [0.1, 0.15) is 21.0 Å². The number of ether oxygens (including phenoxy) is 1. The van der Waals surface area contributed by atoms with Gasteiger partial charge in [-0.1, -0.05) is 12.1 Å². The second kappa shape index (κ2) is 7.05. The number of hydrogen-bond acceptors (Lipinski definition) is 5. The molecule has 26 heavy (non-hydrogen) atoms. The van der Waals surface area contributed by atoms with Crippen LogP contribution in [-0.2, 0) is 0 Å². The van der Waals surface area contributed by atoms with Gasteiger partial charge in [-0.15, -0.1) is 11.3 Å². The minimum absolute atomic E-state index is 0.0168. The summed E-state index contributed by atoms with van der Waals surface area (Å²) in [4.78, 5) is 20.2. The average molecular weight is 368 g/mol. The third-order valence-electron chi connectivity index (χ3n) is 4.68. The summed E-state index contributed by atoms with van der Waals surface area (Å²) in [5.41, 5.74) is 0. The lowest BCUT2D eigenvalue weighted by Crippen LogP contribution is -2.50. The number of likely N-dealkylation sites (tertiary alicyclic amines) is 1. The second-order valence-corrected chi connectivity index (χ2v) is 7.81. The lowest BCUT2D eigenvalue weighted by molar-refractivity contribution is -0.0191. The predicted molar refractivity (Wildman–Crippen MR) is 102 cm³/mol. The van der Waals surface area contributed by atoms with Crippen LogP contribution in [0.2, 0.25) is 0 Å². The highest BCUT2D eigenvalue weighted by molar-refractivity contribution is 7.13. The maximum absolute atomic E-state index is 12.6. The number of aliphatic hydroxyl groups is 1. The maximum Gasteiger partial charge on any atom is 0.264 e. The quantitative estimate of drug-likeness (QED) is 0.771. The SMILES string of the molecule is Cc1ccc(C(=O)N2CC[C@@H](Oc3cccc4cnccc34)[C@H](O)C2)s1. The van der Waals surface area contributed by atoms with E-state index in [4.69, 9.17) is 4.74 Å². The molecule has 134 valence electrons. The van der Waals surface area contributed by atoms with Crippen LogP contribution in [0.15, 0.2) is 48.8 Å². The van der Waals surface area contributed by atoms with Gasteiger partial charge in [0.15, 0.2) is 0 Å². The van der Waals surface area contributed by atoms with E-state index in [-0.39, 0.29) is 18.6 Å². The molecule has 0 aliphatic carbocycles. The van der Waals surface area contributed by atoms with Gasteiger partial charge in [0, 0.05) is 41.0 Å². The van der Waals surface area contributed by atoms with Crippen LogP contribution in [0.25, 0.3) is 10.8 Å². The topological polar surface area (TPSA) is 62.7 Å². The third-order valence-corrected chi connectivity index (χ3v) is 5.67. The number of carbonyl (C=O) groups is 1. The van der Waals surface area contributed by atoms with Crippen molar-refractivity contribution in [3.63, 3.8) is 0 Å². The molecular formula is C20H20N2O3S. The molecule has 6 heteroatoms. The molecule has 0 unspecified atom stereocenters. The van der Waals surface area contributed by atoms with Crippen LogP contribution in [0.5, 0.6) is 5.75 Å². The molecule has 1 aliphatic heterocycles. The molecule has 0 saturated carbocycles. The monoisotopic (exact) mass is 368 g/mol. The largest absolute Gasteiger partial charge is 0.487 e. The Labute approximate surface area is 155 Å². The zero-order valence-corrected chi connectivity index (χ0v) is 15.3. The molecule has 4 rings (SSSR count). The molecule has 2 atom stereocenters. The maximum atomic E-state index is 12.6. The number of amides is 1. The minimum Gasteiger partial charge on any atom is -0.487 e. The minimum atomic E-state index is -0.717. The first-order valence-electron chi connectivity index (χ1n) is 8.65. The summed E-state index contributed by atoms with van der Waals surface area (Å²) in [6.07, 6.45) is 3.08. The summed E-state index contributed by atoms with van der Waals surface area (Å²) >= 11 is 1.49.